The molecule has 3 N–H and O–H groups in total. The highest BCUT2D eigenvalue weighted by atomic mass is 16.4. The van der Waals surface area contributed by atoms with Crippen molar-refractivity contribution in [3.05, 3.63) is 34.9 Å². The standard InChI is InChI=1S/C15H20N2O3/c1-9(10(2)16)14(18)17-6-5-11-3-4-12(15(19)20)7-13(11)8-17/h3-4,7,9-10H,5-6,8,16H2,1-2H3,(H,19,20). The van der Waals surface area contributed by atoms with Crippen molar-refractivity contribution >= 4 is 11.9 Å². The highest BCUT2D eigenvalue weighted by molar-refractivity contribution is 5.88. The van der Waals surface area contributed by atoms with Crippen molar-refractivity contribution < 1.29 is 14.7 Å². The lowest BCUT2D eigenvalue weighted by Gasteiger charge is -2.32. The maximum Gasteiger partial charge on any atom is 0.335 e. The first-order chi connectivity index (χ1) is 9.40. The summed E-state index contributed by atoms with van der Waals surface area (Å²) in [6.45, 7) is 4.78. The first-order valence-electron chi connectivity index (χ1n) is 6.79. The summed E-state index contributed by atoms with van der Waals surface area (Å²) in [5.74, 6) is -1.13. The van der Waals surface area contributed by atoms with Gasteiger partial charge in [0.2, 0.25) is 5.91 Å². The van der Waals surface area contributed by atoms with Gasteiger partial charge in [0, 0.05) is 19.1 Å². The average Bonchev–Trinajstić information content (AvgIpc) is 2.44. The van der Waals surface area contributed by atoms with Crippen LogP contribution in [0.15, 0.2) is 18.2 Å². The van der Waals surface area contributed by atoms with Crippen LogP contribution < -0.4 is 5.73 Å². The van der Waals surface area contributed by atoms with Crippen LogP contribution in [0.1, 0.15) is 35.3 Å². The second-order valence-corrected chi connectivity index (χ2v) is 5.45. The van der Waals surface area contributed by atoms with E-state index >= 15 is 0 Å². The minimum Gasteiger partial charge on any atom is -0.478 e. The van der Waals surface area contributed by atoms with E-state index in [4.69, 9.17) is 10.8 Å². The van der Waals surface area contributed by atoms with Gasteiger partial charge in [-0.05, 0) is 36.6 Å². The van der Waals surface area contributed by atoms with Crippen LogP contribution in [0.3, 0.4) is 0 Å². The van der Waals surface area contributed by atoms with Gasteiger partial charge in [-0.15, -0.1) is 0 Å². The molecule has 2 atom stereocenters. The summed E-state index contributed by atoms with van der Waals surface area (Å²) < 4.78 is 0. The lowest BCUT2D eigenvalue weighted by molar-refractivity contribution is -0.136. The number of nitrogens with zero attached hydrogens (tertiary/aromatic N) is 1. The first-order valence-corrected chi connectivity index (χ1v) is 6.79. The predicted molar refractivity (Wildman–Crippen MR) is 75.3 cm³/mol. The van der Waals surface area contributed by atoms with Crippen LogP contribution in [0.5, 0.6) is 0 Å². The molecule has 2 unspecified atom stereocenters. The highest BCUT2D eigenvalue weighted by Crippen LogP contribution is 2.22. The molecule has 0 radical (unpaired) electrons. The number of carboxylic acids is 1. The Balaban J connectivity index is 2.19. The zero-order chi connectivity index (χ0) is 14.9. The summed E-state index contributed by atoms with van der Waals surface area (Å²) in [5, 5.41) is 9.03. The zero-order valence-electron chi connectivity index (χ0n) is 11.8. The Kier molecular flexibility index (Phi) is 4.09. The molecule has 5 nitrogen and oxygen atoms in total. The van der Waals surface area contributed by atoms with E-state index in [1.54, 1.807) is 17.0 Å². The fraction of sp³-hybridized carbons (Fsp3) is 0.467. The number of rotatable bonds is 3. The smallest absolute Gasteiger partial charge is 0.335 e. The van der Waals surface area contributed by atoms with Crippen molar-refractivity contribution in [3.63, 3.8) is 0 Å². The van der Waals surface area contributed by atoms with E-state index in [1.165, 1.54) is 0 Å². The average molecular weight is 276 g/mol. The largest absolute Gasteiger partial charge is 0.478 e. The van der Waals surface area contributed by atoms with E-state index in [9.17, 15) is 9.59 Å². The first kappa shape index (κ1) is 14.5. The van der Waals surface area contributed by atoms with Gasteiger partial charge in [-0.2, -0.15) is 0 Å². The number of fused-ring (bicyclic) bond motifs is 1. The third-order valence-electron chi connectivity index (χ3n) is 3.96. The molecule has 2 rings (SSSR count). The van der Waals surface area contributed by atoms with Gasteiger partial charge in [0.25, 0.3) is 0 Å². The number of carboxylic acid groups (broad SMARTS) is 1. The van der Waals surface area contributed by atoms with Crippen LogP contribution in [0, 0.1) is 5.92 Å². The number of carbonyl (C=O) groups is 2. The summed E-state index contributed by atoms with van der Waals surface area (Å²) in [4.78, 5) is 25.1. The summed E-state index contributed by atoms with van der Waals surface area (Å²) in [6.07, 6.45) is 0.757. The zero-order valence-corrected chi connectivity index (χ0v) is 11.8. The third kappa shape index (κ3) is 2.82. The molecule has 0 saturated carbocycles. The quantitative estimate of drug-likeness (QED) is 0.870. The minimum atomic E-state index is -0.944. The number of nitrogens with two attached hydrogens (primary N) is 1. The third-order valence-corrected chi connectivity index (χ3v) is 3.96. The molecule has 1 aromatic rings. The number of carbonyl (C=O) groups excluding carboxylic acids is 1. The van der Waals surface area contributed by atoms with Gasteiger partial charge in [-0.3, -0.25) is 4.79 Å². The lowest BCUT2D eigenvalue weighted by atomic mass is 9.95. The van der Waals surface area contributed by atoms with Crippen LogP contribution >= 0.6 is 0 Å². The Labute approximate surface area is 118 Å². The number of amides is 1. The summed E-state index contributed by atoms with van der Waals surface area (Å²) in [7, 11) is 0. The molecule has 20 heavy (non-hydrogen) atoms. The molecule has 0 bridgehead atoms. The van der Waals surface area contributed by atoms with E-state index in [-0.39, 0.29) is 23.4 Å². The number of benzene rings is 1. The van der Waals surface area contributed by atoms with Crippen LogP contribution in [0.2, 0.25) is 0 Å². The fourth-order valence-electron chi connectivity index (χ4n) is 2.39. The molecule has 5 heteroatoms. The molecule has 1 aliphatic heterocycles. The van der Waals surface area contributed by atoms with Crippen LogP contribution in [0.25, 0.3) is 0 Å². The maximum atomic E-state index is 12.3. The second kappa shape index (κ2) is 5.63. The van der Waals surface area contributed by atoms with E-state index in [1.807, 2.05) is 19.9 Å². The van der Waals surface area contributed by atoms with Gasteiger partial charge < -0.3 is 15.7 Å². The van der Waals surface area contributed by atoms with Crippen molar-refractivity contribution in [2.24, 2.45) is 11.7 Å². The van der Waals surface area contributed by atoms with Crippen molar-refractivity contribution in [1.29, 1.82) is 0 Å². The molecule has 1 heterocycles. The Hall–Kier alpha value is -1.88. The van der Waals surface area contributed by atoms with Crippen LogP contribution in [-0.4, -0.2) is 34.5 Å². The van der Waals surface area contributed by atoms with E-state index in [0.717, 1.165) is 17.5 Å². The number of hydrogen-bond donors (Lipinski definition) is 2. The van der Waals surface area contributed by atoms with Gasteiger partial charge in [-0.1, -0.05) is 13.0 Å². The normalized spacial score (nSPS) is 17.2. The van der Waals surface area contributed by atoms with Crippen molar-refractivity contribution in [1.82, 2.24) is 4.90 Å². The van der Waals surface area contributed by atoms with Gasteiger partial charge in [0.15, 0.2) is 0 Å². The van der Waals surface area contributed by atoms with E-state index in [2.05, 4.69) is 0 Å². The summed E-state index contributed by atoms with van der Waals surface area (Å²) >= 11 is 0. The second-order valence-electron chi connectivity index (χ2n) is 5.45. The number of hydrogen-bond acceptors (Lipinski definition) is 3. The van der Waals surface area contributed by atoms with Crippen LogP contribution in [-0.2, 0) is 17.8 Å². The maximum absolute atomic E-state index is 12.3. The Morgan fingerprint density at radius 1 is 1.30 bits per heavy atom. The van der Waals surface area contributed by atoms with Gasteiger partial charge in [-0.25, -0.2) is 4.79 Å². The Bertz CT molecular complexity index is 540. The molecule has 0 aromatic heterocycles. The van der Waals surface area contributed by atoms with Crippen molar-refractivity contribution in [2.45, 2.75) is 32.9 Å². The highest BCUT2D eigenvalue weighted by Gasteiger charge is 2.26. The topological polar surface area (TPSA) is 83.6 Å². The molecule has 0 fully saturated rings. The number of aromatic carboxylic acids is 1. The molecular formula is C15H20N2O3. The minimum absolute atomic E-state index is 0.0337. The molecule has 0 aliphatic carbocycles. The molecule has 0 spiro atoms. The Morgan fingerprint density at radius 2 is 2.00 bits per heavy atom. The molecule has 108 valence electrons. The van der Waals surface area contributed by atoms with Gasteiger partial charge >= 0.3 is 5.97 Å². The SMILES string of the molecule is CC(N)C(C)C(=O)N1CCc2ccc(C(=O)O)cc2C1. The van der Waals surface area contributed by atoms with Gasteiger partial charge in [0.05, 0.1) is 11.5 Å². The van der Waals surface area contributed by atoms with Crippen molar-refractivity contribution in [2.75, 3.05) is 6.54 Å². The monoisotopic (exact) mass is 276 g/mol. The fourth-order valence-corrected chi connectivity index (χ4v) is 2.39. The predicted octanol–water partition coefficient (Wildman–Crippen LogP) is 1.25. The van der Waals surface area contributed by atoms with E-state index in [0.29, 0.717) is 13.1 Å². The van der Waals surface area contributed by atoms with Gasteiger partial charge in [0.1, 0.15) is 0 Å². The van der Waals surface area contributed by atoms with E-state index < -0.39 is 5.97 Å². The Morgan fingerprint density at radius 3 is 2.60 bits per heavy atom. The molecule has 1 aromatic carbocycles. The lowest BCUT2D eigenvalue weighted by Crippen LogP contribution is -2.43. The molecule has 0 saturated heterocycles. The molecule has 1 aliphatic rings. The summed E-state index contributed by atoms with van der Waals surface area (Å²) in [6, 6.07) is 4.93. The summed E-state index contributed by atoms with van der Waals surface area (Å²) in [5.41, 5.74) is 8.08. The molecule has 1 amide bonds. The molecular weight excluding hydrogens is 256 g/mol. The van der Waals surface area contributed by atoms with Crippen molar-refractivity contribution in [3.8, 4) is 0 Å². The van der Waals surface area contributed by atoms with Crippen LogP contribution in [0.4, 0.5) is 0 Å².